The van der Waals surface area contributed by atoms with E-state index in [4.69, 9.17) is 34.8 Å². The zero-order valence-electron chi connectivity index (χ0n) is 11.7. The molecule has 1 aliphatic heterocycles. The molecule has 22 heavy (non-hydrogen) atoms. The summed E-state index contributed by atoms with van der Waals surface area (Å²) in [5.41, 5.74) is 3.45. The van der Waals surface area contributed by atoms with Crippen LogP contribution in [0.5, 0.6) is 0 Å². The van der Waals surface area contributed by atoms with Crippen LogP contribution in [0.2, 0.25) is 15.1 Å². The lowest BCUT2D eigenvalue weighted by molar-refractivity contribution is 0.426. The minimum absolute atomic E-state index is 0.153. The first-order chi connectivity index (χ1) is 10.6. The van der Waals surface area contributed by atoms with Gasteiger partial charge in [0.2, 0.25) is 0 Å². The quantitative estimate of drug-likeness (QED) is 0.581. The fourth-order valence-corrected chi connectivity index (χ4v) is 4.24. The summed E-state index contributed by atoms with van der Waals surface area (Å²) in [5, 5.41) is 5.66. The lowest BCUT2D eigenvalue weighted by atomic mass is 9.77. The van der Waals surface area contributed by atoms with Crippen molar-refractivity contribution in [1.29, 1.82) is 0 Å². The van der Waals surface area contributed by atoms with E-state index in [1.807, 2.05) is 24.3 Å². The Morgan fingerprint density at radius 3 is 2.73 bits per heavy atom. The lowest BCUT2D eigenvalue weighted by Crippen LogP contribution is -2.29. The second-order valence-electron chi connectivity index (χ2n) is 5.85. The van der Waals surface area contributed by atoms with Crippen molar-refractivity contribution in [2.75, 3.05) is 5.32 Å². The van der Waals surface area contributed by atoms with Gasteiger partial charge in [0.1, 0.15) is 0 Å². The third-order valence-electron chi connectivity index (χ3n) is 4.64. The van der Waals surface area contributed by atoms with Crippen LogP contribution in [0, 0.1) is 5.92 Å². The molecule has 0 spiro atoms. The Balaban J connectivity index is 1.83. The van der Waals surface area contributed by atoms with E-state index < -0.39 is 0 Å². The van der Waals surface area contributed by atoms with Crippen molar-refractivity contribution in [3.63, 3.8) is 0 Å². The maximum atomic E-state index is 6.46. The van der Waals surface area contributed by atoms with Crippen LogP contribution in [0.25, 0.3) is 0 Å². The predicted octanol–water partition coefficient (Wildman–Crippen LogP) is 6.47. The van der Waals surface area contributed by atoms with E-state index in [-0.39, 0.29) is 6.04 Å². The van der Waals surface area contributed by atoms with Gasteiger partial charge in [0.15, 0.2) is 0 Å². The monoisotopic (exact) mass is 349 g/mol. The van der Waals surface area contributed by atoms with Crippen molar-refractivity contribution in [2.24, 2.45) is 5.92 Å². The molecule has 0 aromatic heterocycles. The van der Waals surface area contributed by atoms with Crippen molar-refractivity contribution in [3.8, 4) is 0 Å². The number of hydrogen-bond acceptors (Lipinski definition) is 1. The number of fused-ring (bicyclic) bond motifs is 3. The van der Waals surface area contributed by atoms with Crippen LogP contribution >= 0.6 is 34.8 Å². The van der Waals surface area contributed by atoms with E-state index in [0.29, 0.717) is 21.9 Å². The average molecular weight is 351 g/mol. The van der Waals surface area contributed by atoms with Gasteiger partial charge in [-0.2, -0.15) is 0 Å². The minimum Gasteiger partial charge on any atom is -0.378 e. The summed E-state index contributed by atoms with van der Waals surface area (Å²) in [6.07, 6.45) is 5.56. The van der Waals surface area contributed by atoms with E-state index in [0.717, 1.165) is 22.7 Å². The maximum absolute atomic E-state index is 6.46. The summed E-state index contributed by atoms with van der Waals surface area (Å²) in [6.45, 7) is 0. The Kier molecular flexibility index (Phi) is 3.60. The number of nitrogens with one attached hydrogen (secondary N) is 1. The van der Waals surface area contributed by atoms with Crippen LogP contribution in [0.4, 0.5) is 5.69 Å². The number of hydrogen-bond donors (Lipinski definition) is 1. The van der Waals surface area contributed by atoms with Gasteiger partial charge in [0.25, 0.3) is 0 Å². The molecule has 0 saturated carbocycles. The number of rotatable bonds is 1. The average Bonchev–Trinajstić information content (AvgIpc) is 2.99. The number of halogens is 3. The molecule has 4 rings (SSSR count). The Bertz CT molecular complexity index is 769. The standard InChI is InChI=1S/C18H14Cl3N/c19-10-7-8-16-14(9-10)11-3-1-4-12(11)18(22-16)13-5-2-6-15(20)17(13)21/h1-3,5-9,11-12,18,22H,4H2/t11-,12+,18-/m1/s1. The Morgan fingerprint density at radius 1 is 1.00 bits per heavy atom. The number of anilines is 1. The topological polar surface area (TPSA) is 12.0 Å². The van der Waals surface area contributed by atoms with Crippen molar-refractivity contribution in [3.05, 3.63) is 74.7 Å². The maximum Gasteiger partial charge on any atom is 0.0645 e. The third-order valence-corrected chi connectivity index (χ3v) is 5.71. The molecule has 0 fully saturated rings. The summed E-state index contributed by atoms with van der Waals surface area (Å²) in [5.74, 6) is 0.803. The Morgan fingerprint density at radius 2 is 1.86 bits per heavy atom. The van der Waals surface area contributed by atoms with Crippen molar-refractivity contribution >= 4 is 40.5 Å². The van der Waals surface area contributed by atoms with E-state index in [2.05, 4.69) is 29.6 Å². The molecule has 2 aliphatic rings. The SMILES string of the molecule is Clc1ccc2c(c1)[C@@H]1C=CC[C@@H]1[C@H](c1cccc(Cl)c1Cl)N2. The van der Waals surface area contributed by atoms with E-state index in [9.17, 15) is 0 Å². The van der Waals surface area contributed by atoms with Gasteiger partial charge in [-0.25, -0.2) is 0 Å². The molecule has 1 heterocycles. The van der Waals surface area contributed by atoms with Gasteiger partial charge in [-0.1, -0.05) is 59.1 Å². The molecule has 0 amide bonds. The molecule has 3 atom stereocenters. The summed E-state index contributed by atoms with van der Waals surface area (Å²) in [7, 11) is 0. The predicted molar refractivity (Wildman–Crippen MR) is 94.3 cm³/mol. The fourth-order valence-electron chi connectivity index (χ4n) is 3.63. The Hall–Kier alpha value is -1.15. The van der Waals surface area contributed by atoms with Crippen LogP contribution in [-0.2, 0) is 0 Å². The molecule has 0 bridgehead atoms. The molecule has 112 valence electrons. The van der Waals surface area contributed by atoms with Crippen LogP contribution in [-0.4, -0.2) is 0 Å². The molecule has 0 saturated heterocycles. The van der Waals surface area contributed by atoms with Crippen molar-refractivity contribution < 1.29 is 0 Å². The summed E-state index contributed by atoms with van der Waals surface area (Å²) in [4.78, 5) is 0. The summed E-state index contributed by atoms with van der Waals surface area (Å²) >= 11 is 18.8. The molecule has 1 nitrogen and oxygen atoms in total. The molecule has 4 heteroatoms. The van der Waals surface area contributed by atoms with Crippen LogP contribution in [0.3, 0.4) is 0 Å². The number of benzene rings is 2. The highest BCUT2D eigenvalue weighted by Crippen LogP contribution is 2.51. The van der Waals surface area contributed by atoms with Crippen LogP contribution in [0.15, 0.2) is 48.6 Å². The highest BCUT2D eigenvalue weighted by atomic mass is 35.5. The van der Waals surface area contributed by atoms with E-state index in [1.54, 1.807) is 0 Å². The third kappa shape index (κ3) is 2.23. The molecule has 1 aliphatic carbocycles. The molecule has 2 aromatic rings. The van der Waals surface area contributed by atoms with Crippen molar-refractivity contribution in [2.45, 2.75) is 18.4 Å². The van der Waals surface area contributed by atoms with Crippen LogP contribution < -0.4 is 5.32 Å². The number of allylic oxidation sites excluding steroid dienone is 2. The fraction of sp³-hybridized carbons (Fsp3) is 0.222. The van der Waals surface area contributed by atoms with Gasteiger partial charge in [0.05, 0.1) is 16.1 Å². The van der Waals surface area contributed by atoms with Gasteiger partial charge >= 0.3 is 0 Å². The van der Waals surface area contributed by atoms with Gasteiger partial charge in [-0.15, -0.1) is 0 Å². The van der Waals surface area contributed by atoms with Gasteiger partial charge in [-0.3, -0.25) is 0 Å². The van der Waals surface area contributed by atoms with Crippen molar-refractivity contribution in [1.82, 2.24) is 0 Å². The highest BCUT2D eigenvalue weighted by molar-refractivity contribution is 6.42. The van der Waals surface area contributed by atoms with Gasteiger partial charge in [0, 0.05) is 16.6 Å². The minimum atomic E-state index is 0.153. The molecular weight excluding hydrogens is 337 g/mol. The zero-order valence-corrected chi connectivity index (χ0v) is 14.0. The zero-order chi connectivity index (χ0) is 15.3. The molecule has 1 N–H and O–H groups in total. The second-order valence-corrected chi connectivity index (χ2v) is 7.07. The molecule has 2 aromatic carbocycles. The first kappa shape index (κ1) is 14.4. The van der Waals surface area contributed by atoms with Crippen LogP contribution in [0.1, 0.15) is 29.5 Å². The first-order valence-electron chi connectivity index (χ1n) is 7.31. The highest BCUT2D eigenvalue weighted by Gasteiger charge is 2.38. The lowest BCUT2D eigenvalue weighted by Gasteiger charge is -2.38. The largest absolute Gasteiger partial charge is 0.378 e. The molecular formula is C18H14Cl3N. The van der Waals surface area contributed by atoms with E-state index >= 15 is 0 Å². The second kappa shape index (κ2) is 5.49. The van der Waals surface area contributed by atoms with Gasteiger partial charge in [-0.05, 0) is 47.7 Å². The molecule has 0 unspecified atom stereocenters. The molecule has 0 radical (unpaired) electrons. The summed E-state index contributed by atoms with van der Waals surface area (Å²) in [6, 6.07) is 12.0. The van der Waals surface area contributed by atoms with Gasteiger partial charge < -0.3 is 5.32 Å². The smallest absolute Gasteiger partial charge is 0.0645 e. The normalized spacial score (nSPS) is 25.5. The Labute approximate surface area is 144 Å². The summed E-state index contributed by atoms with van der Waals surface area (Å²) < 4.78 is 0. The van der Waals surface area contributed by atoms with E-state index in [1.165, 1.54) is 5.56 Å². The first-order valence-corrected chi connectivity index (χ1v) is 8.45.